The van der Waals surface area contributed by atoms with E-state index in [-0.39, 0.29) is 12.3 Å². The number of hydrazone groups is 1. The summed E-state index contributed by atoms with van der Waals surface area (Å²) in [6, 6.07) is 13.9. The minimum atomic E-state index is -0.419. The molecule has 1 N–H and O–H groups in total. The second-order valence-electron chi connectivity index (χ2n) is 8.77. The monoisotopic (exact) mass is 488 g/mol. The molecule has 5 rings (SSSR count). The zero-order valence-electron chi connectivity index (χ0n) is 19.9. The van der Waals surface area contributed by atoms with Crippen LogP contribution in [0.3, 0.4) is 0 Å². The van der Waals surface area contributed by atoms with E-state index in [1.807, 2.05) is 24.3 Å². The number of nitrogens with zero attached hydrogens (tertiary/aromatic N) is 7. The first-order valence-corrected chi connectivity index (χ1v) is 12.2. The molecule has 3 heterocycles. The van der Waals surface area contributed by atoms with E-state index >= 15 is 0 Å². The highest BCUT2D eigenvalue weighted by Gasteiger charge is 2.21. The van der Waals surface area contributed by atoms with E-state index in [9.17, 15) is 10.1 Å². The van der Waals surface area contributed by atoms with Crippen molar-refractivity contribution in [2.24, 2.45) is 5.10 Å². The fourth-order valence-electron chi connectivity index (χ4n) is 4.27. The smallest absolute Gasteiger partial charge is 0.269 e. The lowest BCUT2D eigenvalue weighted by molar-refractivity contribution is -0.384. The van der Waals surface area contributed by atoms with Gasteiger partial charge in [0, 0.05) is 43.9 Å². The van der Waals surface area contributed by atoms with Gasteiger partial charge in [0.05, 0.1) is 11.1 Å². The van der Waals surface area contributed by atoms with Crippen molar-refractivity contribution >= 4 is 29.7 Å². The minimum Gasteiger partial charge on any atom is -0.488 e. The molecule has 3 aromatic rings. The summed E-state index contributed by atoms with van der Waals surface area (Å²) in [6.07, 6.45) is 6.23. The van der Waals surface area contributed by atoms with Crippen LogP contribution in [0.15, 0.2) is 53.6 Å². The van der Waals surface area contributed by atoms with E-state index in [4.69, 9.17) is 9.72 Å². The molecule has 0 spiro atoms. The third kappa shape index (κ3) is 5.68. The second-order valence-corrected chi connectivity index (χ2v) is 8.77. The van der Waals surface area contributed by atoms with Gasteiger partial charge in [-0.3, -0.25) is 10.1 Å². The van der Waals surface area contributed by atoms with Crippen molar-refractivity contribution in [3.05, 3.63) is 69.8 Å². The van der Waals surface area contributed by atoms with Gasteiger partial charge >= 0.3 is 0 Å². The standard InChI is InChI=1S/C25H28N8O3/c34-33(35)21-11-9-19(10-12-21)18-36-22-8-2-1-7-20(22)17-26-30-23-27-24(31-13-3-4-14-31)29-25(28-23)32-15-5-6-16-32/h1-2,7-12,17H,3-6,13-16,18H2,(H,27,28,29,30)/b26-17-. The van der Waals surface area contributed by atoms with Gasteiger partial charge in [-0.1, -0.05) is 12.1 Å². The zero-order chi connectivity index (χ0) is 24.7. The first-order valence-electron chi connectivity index (χ1n) is 12.2. The number of benzene rings is 2. The molecule has 0 saturated carbocycles. The third-order valence-electron chi connectivity index (χ3n) is 6.22. The summed E-state index contributed by atoms with van der Waals surface area (Å²) in [6.45, 7) is 4.08. The van der Waals surface area contributed by atoms with Crippen molar-refractivity contribution in [2.45, 2.75) is 32.3 Å². The highest BCUT2D eigenvalue weighted by Crippen LogP contribution is 2.23. The molecular weight excluding hydrogens is 460 g/mol. The summed E-state index contributed by atoms with van der Waals surface area (Å²) >= 11 is 0. The lowest BCUT2D eigenvalue weighted by Crippen LogP contribution is -2.25. The van der Waals surface area contributed by atoms with Crippen LogP contribution in [0.1, 0.15) is 36.8 Å². The Morgan fingerprint density at radius 3 is 2.14 bits per heavy atom. The first-order chi connectivity index (χ1) is 17.7. The fraction of sp³-hybridized carbons (Fsp3) is 0.360. The third-order valence-corrected chi connectivity index (χ3v) is 6.22. The molecule has 2 saturated heterocycles. The molecule has 0 atom stereocenters. The minimum absolute atomic E-state index is 0.0523. The van der Waals surface area contributed by atoms with Crippen LogP contribution in [0, 0.1) is 10.1 Å². The number of nitro groups is 1. The number of ether oxygens (including phenoxy) is 1. The predicted octanol–water partition coefficient (Wildman–Crippen LogP) is 4.01. The Hall–Kier alpha value is -4.28. The van der Waals surface area contributed by atoms with E-state index in [0.717, 1.165) is 63.0 Å². The maximum absolute atomic E-state index is 10.8. The number of rotatable bonds is 9. The number of para-hydroxylation sites is 1. The Kier molecular flexibility index (Phi) is 7.15. The molecule has 0 radical (unpaired) electrons. The Balaban J connectivity index is 1.28. The zero-order valence-corrected chi connectivity index (χ0v) is 19.9. The molecule has 0 unspecified atom stereocenters. The van der Waals surface area contributed by atoms with Crippen LogP contribution in [0.25, 0.3) is 0 Å². The number of nitro benzene ring substituents is 1. The van der Waals surface area contributed by atoms with Gasteiger partial charge in [-0.25, -0.2) is 5.43 Å². The van der Waals surface area contributed by atoms with Crippen LogP contribution in [-0.4, -0.2) is 52.3 Å². The first kappa shape index (κ1) is 23.5. The number of anilines is 3. The van der Waals surface area contributed by atoms with E-state index < -0.39 is 4.92 Å². The van der Waals surface area contributed by atoms with Crippen molar-refractivity contribution in [3.8, 4) is 5.75 Å². The lowest BCUT2D eigenvalue weighted by Gasteiger charge is -2.20. The fourth-order valence-corrected chi connectivity index (χ4v) is 4.27. The van der Waals surface area contributed by atoms with Crippen molar-refractivity contribution in [3.63, 3.8) is 0 Å². The molecule has 0 aliphatic carbocycles. The highest BCUT2D eigenvalue weighted by molar-refractivity contribution is 5.83. The molecule has 1 aromatic heterocycles. The van der Waals surface area contributed by atoms with Crippen LogP contribution >= 0.6 is 0 Å². The summed E-state index contributed by atoms with van der Waals surface area (Å²) in [7, 11) is 0. The van der Waals surface area contributed by atoms with Gasteiger partial charge in [-0.05, 0) is 55.5 Å². The van der Waals surface area contributed by atoms with Gasteiger partial charge < -0.3 is 14.5 Å². The van der Waals surface area contributed by atoms with Crippen molar-refractivity contribution in [2.75, 3.05) is 41.4 Å². The van der Waals surface area contributed by atoms with Crippen molar-refractivity contribution < 1.29 is 9.66 Å². The van der Waals surface area contributed by atoms with Crippen molar-refractivity contribution in [1.82, 2.24) is 15.0 Å². The normalized spacial score (nSPS) is 15.6. The number of hydrogen-bond acceptors (Lipinski definition) is 10. The molecule has 11 nitrogen and oxygen atoms in total. The molecule has 36 heavy (non-hydrogen) atoms. The molecular formula is C25H28N8O3. The summed E-state index contributed by atoms with van der Waals surface area (Å²) in [5.74, 6) is 2.43. The lowest BCUT2D eigenvalue weighted by atomic mass is 10.2. The molecule has 2 aliphatic rings. The molecule has 2 aliphatic heterocycles. The van der Waals surface area contributed by atoms with Gasteiger partial charge in [0.2, 0.25) is 17.8 Å². The summed E-state index contributed by atoms with van der Waals surface area (Å²) in [5, 5.41) is 15.2. The summed E-state index contributed by atoms with van der Waals surface area (Å²) < 4.78 is 5.96. The number of nitrogens with one attached hydrogen (secondary N) is 1. The largest absolute Gasteiger partial charge is 0.488 e. The van der Waals surface area contributed by atoms with E-state index in [2.05, 4.69) is 30.3 Å². The van der Waals surface area contributed by atoms with Gasteiger partial charge in [0.1, 0.15) is 12.4 Å². The number of hydrogen-bond donors (Lipinski definition) is 1. The molecule has 0 amide bonds. The SMILES string of the molecule is O=[N+]([O-])c1ccc(COc2ccccc2/C=N\Nc2nc(N3CCCC3)nc(N3CCCC3)n2)cc1. The molecule has 11 heteroatoms. The summed E-state index contributed by atoms with van der Waals surface area (Å²) in [4.78, 5) is 28.8. The topological polar surface area (TPSA) is 122 Å². The molecule has 2 aromatic carbocycles. The summed E-state index contributed by atoms with van der Waals surface area (Å²) in [5.41, 5.74) is 4.64. The van der Waals surface area contributed by atoms with Gasteiger partial charge in [-0.15, -0.1) is 0 Å². The van der Waals surface area contributed by atoms with E-state index in [1.54, 1.807) is 18.3 Å². The van der Waals surface area contributed by atoms with Gasteiger partial charge in [-0.2, -0.15) is 20.1 Å². The highest BCUT2D eigenvalue weighted by atomic mass is 16.6. The van der Waals surface area contributed by atoms with Gasteiger partial charge in [0.15, 0.2) is 0 Å². The van der Waals surface area contributed by atoms with E-state index in [0.29, 0.717) is 23.6 Å². The maximum atomic E-state index is 10.8. The van der Waals surface area contributed by atoms with Crippen LogP contribution in [0.2, 0.25) is 0 Å². The van der Waals surface area contributed by atoms with E-state index in [1.165, 1.54) is 12.1 Å². The van der Waals surface area contributed by atoms with Crippen LogP contribution < -0.4 is 20.0 Å². The van der Waals surface area contributed by atoms with Crippen molar-refractivity contribution in [1.29, 1.82) is 0 Å². The average Bonchev–Trinajstić information content (AvgIpc) is 3.63. The average molecular weight is 489 g/mol. The molecule has 186 valence electrons. The van der Waals surface area contributed by atoms with Gasteiger partial charge in [0.25, 0.3) is 5.69 Å². The predicted molar refractivity (Wildman–Crippen MR) is 138 cm³/mol. The Bertz CT molecular complexity index is 1190. The quantitative estimate of drug-likeness (QED) is 0.270. The number of non-ortho nitro benzene ring substituents is 1. The Morgan fingerprint density at radius 2 is 1.53 bits per heavy atom. The second kappa shape index (κ2) is 11.0. The number of aromatic nitrogens is 3. The van der Waals surface area contributed by atoms with Crippen LogP contribution in [0.4, 0.5) is 23.5 Å². The maximum Gasteiger partial charge on any atom is 0.269 e. The molecule has 0 bridgehead atoms. The van der Waals surface area contributed by atoms with Crippen LogP contribution in [-0.2, 0) is 6.61 Å². The van der Waals surface area contributed by atoms with Crippen LogP contribution in [0.5, 0.6) is 5.75 Å². The Labute approximate surface area is 209 Å². The molecule has 2 fully saturated rings. The Morgan fingerprint density at radius 1 is 0.917 bits per heavy atom.